The van der Waals surface area contributed by atoms with E-state index in [1.807, 2.05) is 19.1 Å². The van der Waals surface area contributed by atoms with Gasteiger partial charge in [-0.1, -0.05) is 24.4 Å². The molecular formula is C13H19N3O2S. The van der Waals surface area contributed by atoms with Crippen molar-refractivity contribution in [3.63, 3.8) is 0 Å². The average Bonchev–Trinajstić information content (AvgIpc) is 2.37. The number of para-hydroxylation sites is 2. The molecule has 1 rings (SSSR count). The number of carbonyl (C=O) groups is 1. The Bertz CT molecular complexity index is 465. The molecule has 0 saturated heterocycles. The maximum absolute atomic E-state index is 12.1. The van der Waals surface area contributed by atoms with E-state index in [0.717, 1.165) is 0 Å². The summed E-state index contributed by atoms with van der Waals surface area (Å²) in [7, 11) is 3.26. The number of thiocarbonyl (C=S) groups is 1. The van der Waals surface area contributed by atoms with Gasteiger partial charge in [-0.2, -0.15) is 0 Å². The second-order valence-electron chi connectivity index (χ2n) is 4.26. The fourth-order valence-corrected chi connectivity index (χ4v) is 1.82. The minimum Gasteiger partial charge on any atom is -0.495 e. The summed E-state index contributed by atoms with van der Waals surface area (Å²) >= 11 is 4.85. The van der Waals surface area contributed by atoms with Crippen molar-refractivity contribution in [2.75, 3.05) is 19.5 Å². The molecule has 1 aromatic carbocycles. The number of methoxy groups -OCH3 is 1. The van der Waals surface area contributed by atoms with Crippen molar-refractivity contribution in [2.24, 2.45) is 5.73 Å². The minimum atomic E-state index is -0.228. The zero-order valence-electron chi connectivity index (χ0n) is 11.3. The lowest BCUT2D eigenvalue weighted by molar-refractivity contribution is 0.209. The number of nitrogens with zero attached hydrogens (tertiary/aromatic N) is 1. The van der Waals surface area contributed by atoms with Gasteiger partial charge in [0.15, 0.2) is 0 Å². The number of nitrogens with two attached hydrogens (primary N) is 1. The van der Waals surface area contributed by atoms with Crippen LogP contribution in [-0.4, -0.2) is 36.1 Å². The largest absolute Gasteiger partial charge is 0.495 e. The van der Waals surface area contributed by atoms with Crippen LogP contribution in [0.25, 0.3) is 0 Å². The van der Waals surface area contributed by atoms with Crippen LogP contribution in [0.5, 0.6) is 5.75 Å². The monoisotopic (exact) mass is 281 g/mol. The Morgan fingerprint density at radius 1 is 1.53 bits per heavy atom. The molecule has 0 aliphatic rings. The number of nitrogens with one attached hydrogen (secondary N) is 1. The standard InChI is InChI=1S/C13H19N3O2S/c1-9(8-12(14)19)16(2)13(17)15-10-6-4-5-7-11(10)18-3/h4-7,9H,8H2,1-3H3,(H2,14,19)(H,15,17). The molecule has 0 aliphatic carbocycles. The minimum absolute atomic E-state index is 0.0628. The molecule has 104 valence electrons. The lowest BCUT2D eigenvalue weighted by Gasteiger charge is -2.25. The number of hydrogen-bond donors (Lipinski definition) is 2. The highest BCUT2D eigenvalue weighted by atomic mass is 32.1. The number of rotatable bonds is 5. The second-order valence-corrected chi connectivity index (χ2v) is 4.79. The third kappa shape index (κ3) is 4.40. The third-order valence-electron chi connectivity index (χ3n) is 2.83. The van der Waals surface area contributed by atoms with E-state index in [2.05, 4.69) is 5.32 Å². The third-order valence-corrected chi connectivity index (χ3v) is 2.99. The Morgan fingerprint density at radius 2 is 2.16 bits per heavy atom. The fraction of sp³-hybridized carbons (Fsp3) is 0.385. The highest BCUT2D eigenvalue weighted by molar-refractivity contribution is 7.80. The molecule has 0 radical (unpaired) electrons. The number of ether oxygens (including phenoxy) is 1. The zero-order chi connectivity index (χ0) is 14.4. The molecule has 0 spiro atoms. The summed E-state index contributed by atoms with van der Waals surface area (Å²) in [4.78, 5) is 14.0. The van der Waals surface area contributed by atoms with E-state index >= 15 is 0 Å². The van der Waals surface area contributed by atoms with E-state index < -0.39 is 0 Å². The number of benzene rings is 1. The molecule has 0 bridgehead atoms. The van der Waals surface area contributed by atoms with Gasteiger partial charge in [-0.3, -0.25) is 0 Å². The van der Waals surface area contributed by atoms with Crippen molar-refractivity contribution in [3.8, 4) is 5.75 Å². The van der Waals surface area contributed by atoms with Crippen molar-refractivity contribution in [2.45, 2.75) is 19.4 Å². The normalized spacial score (nSPS) is 11.5. The van der Waals surface area contributed by atoms with E-state index in [9.17, 15) is 4.79 Å². The van der Waals surface area contributed by atoms with Gasteiger partial charge in [0, 0.05) is 19.5 Å². The van der Waals surface area contributed by atoms with Crippen molar-refractivity contribution in [1.29, 1.82) is 0 Å². The first-order valence-electron chi connectivity index (χ1n) is 5.90. The van der Waals surface area contributed by atoms with Crippen LogP contribution in [0.2, 0.25) is 0 Å². The lowest BCUT2D eigenvalue weighted by atomic mass is 10.2. The molecule has 19 heavy (non-hydrogen) atoms. The predicted octanol–water partition coefficient (Wildman–Crippen LogP) is 2.22. The van der Waals surface area contributed by atoms with E-state index in [0.29, 0.717) is 22.8 Å². The quantitative estimate of drug-likeness (QED) is 0.812. The number of amides is 2. The summed E-state index contributed by atoms with van der Waals surface area (Å²) in [6, 6.07) is 6.95. The van der Waals surface area contributed by atoms with E-state index in [4.69, 9.17) is 22.7 Å². The van der Waals surface area contributed by atoms with E-state index in [1.54, 1.807) is 31.2 Å². The van der Waals surface area contributed by atoms with Crippen LogP contribution in [0.15, 0.2) is 24.3 Å². The molecule has 0 heterocycles. The van der Waals surface area contributed by atoms with Gasteiger partial charge in [-0.05, 0) is 19.1 Å². The van der Waals surface area contributed by atoms with E-state index in [1.165, 1.54) is 0 Å². The van der Waals surface area contributed by atoms with Gasteiger partial charge in [-0.15, -0.1) is 0 Å². The zero-order valence-corrected chi connectivity index (χ0v) is 12.2. The summed E-state index contributed by atoms with van der Waals surface area (Å²) in [5, 5.41) is 2.79. The van der Waals surface area contributed by atoms with Crippen molar-refractivity contribution >= 4 is 28.9 Å². The Balaban J connectivity index is 2.71. The van der Waals surface area contributed by atoms with Gasteiger partial charge in [0.25, 0.3) is 0 Å². The predicted molar refractivity (Wildman–Crippen MR) is 80.6 cm³/mol. The Hall–Kier alpha value is -1.82. The van der Waals surface area contributed by atoms with Crippen LogP contribution in [-0.2, 0) is 0 Å². The van der Waals surface area contributed by atoms with Gasteiger partial charge in [-0.25, -0.2) is 4.79 Å². The van der Waals surface area contributed by atoms with Crippen molar-refractivity contribution in [1.82, 2.24) is 4.90 Å². The molecule has 2 amide bonds. The Morgan fingerprint density at radius 3 is 2.74 bits per heavy atom. The second kappa shape index (κ2) is 6.94. The van der Waals surface area contributed by atoms with Crippen LogP contribution in [0.4, 0.5) is 10.5 Å². The molecule has 0 saturated carbocycles. The molecule has 6 heteroatoms. The Kier molecular flexibility index (Phi) is 5.57. The highest BCUT2D eigenvalue weighted by Crippen LogP contribution is 2.23. The molecule has 1 atom stereocenters. The fourth-order valence-electron chi connectivity index (χ4n) is 1.58. The SMILES string of the molecule is COc1ccccc1NC(=O)N(C)C(C)CC(N)=S. The lowest BCUT2D eigenvalue weighted by Crippen LogP contribution is -2.40. The topological polar surface area (TPSA) is 67.6 Å². The van der Waals surface area contributed by atoms with E-state index in [-0.39, 0.29) is 12.1 Å². The highest BCUT2D eigenvalue weighted by Gasteiger charge is 2.17. The van der Waals surface area contributed by atoms with Gasteiger partial charge < -0.3 is 20.7 Å². The maximum Gasteiger partial charge on any atom is 0.321 e. The molecule has 3 N–H and O–H groups in total. The first kappa shape index (κ1) is 15.2. The summed E-state index contributed by atoms with van der Waals surface area (Å²) in [6.07, 6.45) is 0.491. The molecule has 5 nitrogen and oxygen atoms in total. The van der Waals surface area contributed by atoms with Gasteiger partial charge in [0.05, 0.1) is 17.8 Å². The molecule has 0 aliphatic heterocycles. The summed E-state index contributed by atoms with van der Waals surface area (Å²) < 4.78 is 5.18. The molecular weight excluding hydrogens is 262 g/mol. The van der Waals surface area contributed by atoms with Gasteiger partial charge in [0.2, 0.25) is 0 Å². The first-order chi connectivity index (χ1) is 8.95. The van der Waals surface area contributed by atoms with Crippen LogP contribution < -0.4 is 15.8 Å². The van der Waals surface area contributed by atoms with Gasteiger partial charge >= 0.3 is 6.03 Å². The van der Waals surface area contributed by atoms with Crippen molar-refractivity contribution in [3.05, 3.63) is 24.3 Å². The number of carbonyl (C=O) groups excluding carboxylic acids is 1. The maximum atomic E-state index is 12.1. The Labute approximate surface area is 118 Å². The number of urea groups is 1. The number of hydrogen-bond acceptors (Lipinski definition) is 3. The first-order valence-corrected chi connectivity index (χ1v) is 6.31. The summed E-state index contributed by atoms with van der Waals surface area (Å²) in [6.45, 7) is 1.89. The van der Waals surface area contributed by atoms with Crippen LogP contribution in [0, 0.1) is 0 Å². The smallest absolute Gasteiger partial charge is 0.321 e. The molecule has 1 aromatic rings. The van der Waals surface area contributed by atoms with Gasteiger partial charge in [0.1, 0.15) is 5.75 Å². The van der Waals surface area contributed by atoms with Crippen LogP contribution >= 0.6 is 12.2 Å². The summed E-state index contributed by atoms with van der Waals surface area (Å²) in [5.41, 5.74) is 6.11. The van der Waals surface area contributed by atoms with Crippen LogP contribution in [0.3, 0.4) is 0 Å². The molecule has 1 unspecified atom stereocenters. The summed E-state index contributed by atoms with van der Waals surface area (Å²) in [5.74, 6) is 0.617. The molecule has 0 aromatic heterocycles. The number of anilines is 1. The van der Waals surface area contributed by atoms with Crippen molar-refractivity contribution < 1.29 is 9.53 Å². The average molecular weight is 281 g/mol. The molecule has 0 fully saturated rings. The van der Waals surface area contributed by atoms with Crippen LogP contribution in [0.1, 0.15) is 13.3 Å².